The van der Waals surface area contributed by atoms with E-state index in [1.165, 1.54) is 11.8 Å². The molecule has 0 aliphatic carbocycles. The van der Waals surface area contributed by atoms with Gasteiger partial charge in [0.2, 0.25) is 0 Å². The topological polar surface area (TPSA) is 63.3 Å². The molecule has 4 heteroatoms. The van der Waals surface area contributed by atoms with Crippen LogP contribution in [0.1, 0.15) is 13.8 Å². The smallest absolute Gasteiger partial charge is 0.321 e. The van der Waals surface area contributed by atoms with Crippen molar-refractivity contribution in [3.05, 3.63) is 0 Å². The molecule has 10 heavy (non-hydrogen) atoms. The first-order valence-corrected chi connectivity index (χ1v) is 4.18. The molecule has 0 heterocycles. The van der Waals surface area contributed by atoms with Gasteiger partial charge >= 0.3 is 5.97 Å². The molecule has 3 nitrogen and oxygen atoms in total. The van der Waals surface area contributed by atoms with Crippen LogP contribution in [0, 0.1) is 0 Å². The Morgan fingerprint density at radius 2 is 2.10 bits per heavy atom. The zero-order chi connectivity index (χ0) is 8.36. The molecule has 60 valence electrons. The van der Waals surface area contributed by atoms with Crippen LogP contribution in [0.2, 0.25) is 0 Å². The molecule has 0 aliphatic heterocycles. The molecule has 0 rings (SSSR count). The molecule has 0 fully saturated rings. The lowest BCUT2D eigenvalue weighted by Crippen LogP contribution is -2.46. The molecule has 0 saturated heterocycles. The van der Waals surface area contributed by atoms with Crippen molar-refractivity contribution in [2.24, 2.45) is 5.73 Å². The number of hydrogen-bond acceptors (Lipinski definition) is 3. The normalized spacial score (nSPS) is 14.8. The highest BCUT2D eigenvalue weighted by molar-refractivity contribution is 8.00. The van der Waals surface area contributed by atoms with E-state index in [2.05, 4.69) is 0 Å². The van der Waals surface area contributed by atoms with E-state index in [4.69, 9.17) is 10.8 Å². The second-order valence-electron chi connectivity index (χ2n) is 2.62. The average Bonchev–Trinajstić information content (AvgIpc) is 1.86. The molecule has 3 N–H and O–H groups in total. The van der Waals surface area contributed by atoms with Crippen LogP contribution in [-0.4, -0.2) is 28.1 Å². The van der Waals surface area contributed by atoms with Gasteiger partial charge in [0.25, 0.3) is 0 Å². The number of thioether (sulfide) groups is 1. The molecule has 0 radical (unpaired) electrons. The third-order valence-electron chi connectivity index (χ3n) is 1.54. The molecule has 0 aromatic heterocycles. The summed E-state index contributed by atoms with van der Waals surface area (Å²) in [6.07, 6.45) is 1.85. The van der Waals surface area contributed by atoms with Crippen molar-refractivity contribution in [1.29, 1.82) is 0 Å². The third kappa shape index (κ3) is 2.19. The Kier molecular flexibility index (Phi) is 3.18. The highest BCUT2D eigenvalue weighted by Crippen LogP contribution is 2.23. The maximum Gasteiger partial charge on any atom is 0.321 e. The quantitative estimate of drug-likeness (QED) is 0.637. The number of aliphatic carboxylic acids is 1. The lowest BCUT2D eigenvalue weighted by molar-refractivity contribution is -0.139. The van der Waals surface area contributed by atoms with Crippen LogP contribution in [0.4, 0.5) is 0 Å². The molecule has 0 aromatic rings. The number of rotatable bonds is 3. The summed E-state index contributed by atoms with van der Waals surface area (Å²) in [6.45, 7) is 3.63. The summed E-state index contributed by atoms with van der Waals surface area (Å²) in [4.78, 5) is 10.4. The van der Waals surface area contributed by atoms with E-state index >= 15 is 0 Å². The molecule has 0 aliphatic rings. The Balaban J connectivity index is 4.17. The highest BCUT2D eigenvalue weighted by atomic mass is 32.2. The highest BCUT2D eigenvalue weighted by Gasteiger charge is 2.30. The van der Waals surface area contributed by atoms with Crippen LogP contribution in [0.3, 0.4) is 0 Å². The van der Waals surface area contributed by atoms with Crippen LogP contribution < -0.4 is 5.73 Å². The van der Waals surface area contributed by atoms with Gasteiger partial charge in [-0.1, -0.05) is 0 Å². The predicted octanol–water partition coefficient (Wildman–Crippen LogP) is 0.540. The van der Waals surface area contributed by atoms with Crippen LogP contribution >= 0.6 is 11.8 Å². The van der Waals surface area contributed by atoms with Gasteiger partial charge in [0.05, 0.1) is 0 Å². The van der Waals surface area contributed by atoms with E-state index in [1.807, 2.05) is 20.1 Å². The van der Waals surface area contributed by atoms with Crippen LogP contribution in [0.15, 0.2) is 0 Å². The monoisotopic (exact) mass is 163 g/mol. The maximum atomic E-state index is 10.4. The van der Waals surface area contributed by atoms with Crippen molar-refractivity contribution >= 4 is 17.7 Å². The maximum absolute atomic E-state index is 10.4. The van der Waals surface area contributed by atoms with E-state index in [0.29, 0.717) is 0 Å². The van der Waals surface area contributed by atoms with Gasteiger partial charge in [-0.2, -0.15) is 11.8 Å². The molecule has 0 saturated carbocycles. The fourth-order valence-corrected chi connectivity index (χ4v) is 0.779. The van der Waals surface area contributed by atoms with Crippen LogP contribution in [0.5, 0.6) is 0 Å². The predicted molar refractivity (Wildman–Crippen MR) is 43.2 cm³/mol. The third-order valence-corrected chi connectivity index (χ3v) is 2.85. The number of nitrogens with two attached hydrogens (primary N) is 1. The average molecular weight is 163 g/mol. The summed E-state index contributed by atoms with van der Waals surface area (Å²) in [5.41, 5.74) is 5.38. The molecular weight excluding hydrogens is 150 g/mol. The van der Waals surface area contributed by atoms with Crippen molar-refractivity contribution in [3.63, 3.8) is 0 Å². The first-order valence-electron chi connectivity index (χ1n) is 2.95. The van der Waals surface area contributed by atoms with Gasteiger partial charge in [-0.25, -0.2) is 0 Å². The van der Waals surface area contributed by atoms with Gasteiger partial charge in [0.15, 0.2) is 0 Å². The summed E-state index contributed by atoms with van der Waals surface area (Å²) in [7, 11) is 0. The van der Waals surface area contributed by atoms with Crippen LogP contribution in [0.25, 0.3) is 0 Å². The second kappa shape index (κ2) is 3.25. The fourth-order valence-electron chi connectivity index (χ4n) is 0.424. The Labute approximate surface area is 65.0 Å². The summed E-state index contributed by atoms with van der Waals surface area (Å²) in [5.74, 6) is -0.945. The largest absolute Gasteiger partial charge is 0.480 e. The summed E-state index contributed by atoms with van der Waals surface area (Å²) in [5, 5.41) is 8.51. The molecule has 0 spiro atoms. The second-order valence-corrected chi connectivity index (χ2v) is 4.08. The van der Waals surface area contributed by atoms with E-state index in [1.54, 1.807) is 0 Å². The number of carbonyl (C=O) groups is 1. The van der Waals surface area contributed by atoms with Gasteiger partial charge < -0.3 is 10.8 Å². The fraction of sp³-hybridized carbons (Fsp3) is 0.833. The standard InChI is InChI=1S/C6H13NO2S/c1-6(2,10-3)4(7)5(8)9/h4H,7H2,1-3H3,(H,8,9)/t4-/m0/s1. The Hall–Kier alpha value is -0.220. The summed E-state index contributed by atoms with van der Waals surface area (Å²) < 4.78 is -0.383. The minimum Gasteiger partial charge on any atom is -0.480 e. The minimum atomic E-state index is -0.945. The zero-order valence-electron chi connectivity index (χ0n) is 6.42. The van der Waals surface area contributed by atoms with Gasteiger partial charge in [0.1, 0.15) is 6.04 Å². The molecular formula is C6H13NO2S. The van der Waals surface area contributed by atoms with Crippen molar-refractivity contribution < 1.29 is 9.90 Å². The summed E-state index contributed by atoms with van der Waals surface area (Å²) >= 11 is 1.46. The lowest BCUT2D eigenvalue weighted by Gasteiger charge is -2.25. The van der Waals surface area contributed by atoms with Crippen molar-refractivity contribution in [2.45, 2.75) is 24.6 Å². The van der Waals surface area contributed by atoms with Gasteiger partial charge in [0, 0.05) is 4.75 Å². The van der Waals surface area contributed by atoms with E-state index in [9.17, 15) is 4.79 Å². The first-order chi connectivity index (χ1) is 4.41. The SMILES string of the molecule is CSC(C)(C)[C@@H](N)C(=O)O. The van der Waals surface area contributed by atoms with E-state index in [-0.39, 0.29) is 4.75 Å². The first kappa shape index (κ1) is 9.78. The Morgan fingerprint density at radius 1 is 1.70 bits per heavy atom. The van der Waals surface area contributed by atoms with Crippen molar-refractivity contribution in [2.75, 3.05) is 6.26 Å². The minimum absolute atomic E-state index is 0.383. The molecule has 0 unspecified atom stereocenters. The summed E-state index contributed by atoms with van der Waals surface area (Å²) in [6, 6.07) is -0.789. The van der Waals surface area contributed by atoms with Crippen molar-refractivity contribution in [3.8, 4) is 0 Å². The molecule has 0 aromatic carbocycles. The molecule has 1 atom stereocenters. The lowest BCUT2D eigenvalue weighted by atomic mass is 10.1. The Bertz CT molecular complexity index is 136. The molecule has 0 amide bonds. The van der Waals surface area contributed by atoms with Gasteiger partial charge in [-0.05, 0) is 20.1 Å². The van der Waals surface area contributed by atoms with Crippen molar-refractivity contribution in [1.82, 2.24) is 0 Å². The van der Waals surface area contributed by atoms with E-state index in [0.717, 1.165) is 0 Å². The van der Waals surface area contributed by atoms with Gasteiger partial charge in [-0.15, -0.1) is 0 Å². The number of carboxylic acids is 1. The number of hydrogen-bond donors (Lipinski definition) is 2. The van der Waals surface area contributed by atoms with Gasteiger partial charge in [-0.3, -0.25) is 4.79 Å². The van der Waals surface area contributed by atoms with E-state index < -0.39 is 12.0 Å². The molecule has 0 bridgehead atoms. The number of carboxylic acid groups (broad SMARTS) is 1. The van der Waals surface area contributed by atoms with Crippen LogP contribution in [-0.2, 0) is 4.79 Å². The zero-order valence-corrected chi connectivity index (χ0v) is 7.23. The Morgan fingerprint density at radius 3 is 2.20 bits per heavy atom.